The maximum absolute atomic E-state index is 13.8. The highest BCUT2D eigenvalue weighted by Crippen LogP contribution is 2.33. The molecule has 1 aliphatic rings. The van der Waals surface area contributed by atoms with E-state index in [-0.39, 0.29) is 23.7 Å². The van der Waals surface area contributed by atoms with Gasteiger partial charge < -0.3 is 20.7 Å². The Morgan fingerprint density at radius 3 is 2.41 bits per heavy atom. The van der Waals surface area contributed by atoms with E-state index in [0.717, 1.165) is 28.7 Å². The lowest BCUT2D eigenvalue weighted by molar-refractivity contribution is -0.141. The van der Waals surface area contributed by atoms with Crippen LogP contribution in [0, 0.1) is 5.92 Å². The van der Waals surface area contributed by atoms with Crippen molar-refractivity contribution in [3.63, 3.8) is 0 Å². The molecule has 1 atom stereocenters. The Morgan fingerprint density at radius 1 is 0.980 bits per heavy atom. The molecule has 0 saturated heterocycles. The molecular weight excluding hydrogens is 659 g/mol. The molecule has 0 bridgehead atoms. The summed E-state index contributed by atoms with van der Waals surface area (Å²) in [5.74, 6) is -0.445. The first-order valence-corrected chi connectivity index (χ1v) is 17.1. The third kappa shape index (κ3) is 9.92. The van der Waals surface area contributed by atoms with Gasteiger partial charge in [0.05, 0.1) is 17.5 Å². The number of hydrogen-bond acceptors (Lipinski definition) is 7. The molecule has 49 heavy (non-hydrogen) atoms. The number of alkyl carbamates (subject to hydrolysis) is 1. The normalized spacial score (nSPS) is 14.0. The molecule has 1 aliphatic carbocycles. The van der Waals surface area contributed by atoms with E-state index in [9.17, 15) is 31.2 Å². The first-order valence-electron chi connectivity index (χ1n) is 15.7. The standard InChI is InChI=1S/C35H38F3N5O5S/c1-34(2,3)48-33(45)40-20-23-8-6-12-27(16-23)43-29(18-30(42-43)35(36,37)38)32(44)41-26-11-7-10-24(17-26)31(39-19-22-14-15-22)28-13-5-4-9-25(28)21-49(46)47/h4-13,16-18,22,31,39,49H,14-15,19-21H2,1-3H3,(H,40,45)(H,41,44). The quantitative estimate of drug-likeness (QED) is 0.127. The van der Waals surface area contributed by atoms with Gasteiger partial charge in [0.25, 0.3) is 5.91 Å². The lowest BCUT2D eigenvalue weighted by atomic mass is 9.94. The predicted molar refractivity (Wildman–Crippen MR) is 179 cm³/mol. The van der Waals surface area contributed by atoms with Crippen molar-refractivity contribution in [1.29, 1.82) is 0 Å². The van der Waals surface area contributed by atoms with Crippen LogP contribution in [0.15, 0.2) is 78.9 Å². The number of ether oxygens (including phenoxy) is 1. The van der Waals surface area contributed by atoms with Crippen LogP contribution < -0.4 is 16.0 Å². The van der Waals surface area contributed by atoms with Crippen molar-refractivity contribution in [3.8, 4) is 5.69 Å². The number of aromatic nitrogens is 2. The molecule has 0 radical (unpaired) electrons. The second kappa shape index (κ2) is 14.8. The lowest BCUT2D eigenvalue weighted by Gasteiger charge is -2.23. The number of hydrogen-bond donors (Lipinski definition) is 4. The van der Waals surface area contributed by atoms with E-state index in [1.165, 1.54) is 12.1 Å². The Kier molecular flexibility index (Phi) is 10.8. The molecule has 5 rings (SSSR count). The Morgan fingerprint density at radius 2 is 1.71 bits per heavy atom. The van der Waals surface area contributed by atoms with Gasteiger partial charge in [-0.25, -0.2) is 17.9 Å². The molecule has 10 nitrogen and oxygen atoms in total. The summed E-state index contributed by atoms with van der Waals surface area (Å²) in [5, 5.41) is 12.6. The highest BCUT2D eigenvalue weighted by molar-refractivity contribution is 7.71. The third-order valence-electron chi connectivity index (χ3n) is 7.67. The molecule has 260 valence electrons. The number of alkyl halides is 3. The first kappa shape index (κ1) is 35.6. The number of carbonyl (C=O) groups excluding carboxylic acids is 2. The fraction of sp³-hybridized carbons (Fsp3) is 0.343. The minimum atomic E-state index is -4.82. The average Bonchev–Trinajstić information content (AvgIpc) is 3.73. The summed E-state index contributed by atoms with van der Waals surface area (Å²) < 4.78 is 71.0. The molecule has 14 heteroatoms. The molecule has 3 aromatic carbocycles. The number of nitrogens with one attached hydrogen (secondary N) is 3. The number of nitrogens with zero attached hydrogens (tertiary/aromatic N) is 2. The van der Waals surface area contributed by atoms with Crippen molar-refractivity contribution < 1.29 is 35.9 Å². The van der Waals surface area contributed by atoms with Crippen molar-refractivity contribution in [1.82, 2.24) is 20.4 Å². The zero-order valence-electron chi connectivity index (χ0n) is 27.2. The van der Waals surface area contributed by atoms with E-state index in [2.05, 4.69) is 21.0 Å². The maximum Gasteiger partial charge on any atom is 0.435 e. The van der Waals surface area contributed by atoms with E-state index < -0.39 is 46.2 Å². The van der Waals surface area contributed by atoms with Crippen LogP contribution in [0.4, 0.5) is 23.7 Å². The van der Waals surface area contributed by atoms with Crippen LogP contribution in [0.25, 0.3) is 5.69 Å². The maximum atomic E-state index is 13.8. The number of thiol groups is 1. The number of halogens is 3. The third-order valence-corrected chi connectivity index (χ3v) is 8.27. The fourth-order valence-electron chi connectivity index (χ4n) is 5.27. The van der Waals surface area contributed by atoms with Crippen molar-refractivity contribution in [2.24, 2.45) is 5.92 Å². The SMILES string of the molecule is CC(C)(C)OC(=O)NCc1cccc(-n2nc(C(F)(F)F)cc2C(=O)Nc2cccc(C(NCC3CC3)c3ccccc3C[SH](=O)=O)c2)c1. The van der Waals surface area contributed by atoms with Crippen molar-refractivity contribution in [2.75, 3.05) is 11.9 Å². The summed E-state index contributed by atoms with van der Waals surface area (Å²) in [6, 6.07) is 20.7. The molecule has 3 N–H and O–H groups in total. The fourth-order valence-corrected chi connectivity index (χ4v) is 5.83. The predicted octanol–water partition coefficient (Wildman–Crippen LogP) is 6.37. The highest BCUT2D eigenvalue weighted by atomic mass is 32.2. The first-order chi connectivity index (χ1) is 23.2. The smallest absolute Gasteiger partial charge is 0.435 e. The van der Waals surface area contributed by atoms with Crippen LogP contribution in [0.2, 0.25) is 0 Å². The Hall–Kier alpha value is -4.69. The zero-order valence-corrected chi connectivity index (χ0v) is 28.1. The van der Waals surface area contributed by atoms with Gasteiger partial charge in [-0.05, 0) is 92.6 Å². The summed E-state index contributed by atoms with van der Waals surface area (Å²) in [6.07, 6.45) is -3.28. The average molecular weight is 698 g/mol. The van der Waals surface area contributed by atoms with Gasteiger partial charge in [0.2, 0.25) is 0 Å². The summed E-state index contributed by atoms with van der Waals surface area (Å²) >= 11 is 0. The largest absolute Gasteiger partial charge is 0.444 e. The van der Waals surface area contributed by atoms with Crippen LogP contribution in [0.1, 0.15) is 78.1 Å². The van der Waals surface area contributed by atoms with Crippen LogP contribution >= 0.6 is 0 Å². The summed E-state index contributed by atoms with van der Waals surface area (Å²) in [5.41, 5.74) is 0.881. The number of benzene rings is 3. The lowest BCUT2D eigenvalue weighted by Crippen LogP contribution is -2.32. The summed E-state index contributed by atoms with van der Waals surface area (Å²) in [6.45, 7) is 5.89. The molecule has 1 saturated carbocycles. The number of amides is 2. The molecule has 4 aromatic rings. The van der Waals surface area contributed by atoms with E-state index in [1.807, 2.05) is 18.2 Å². The number of rotatable bonds is 12. The summed E-state index contributed by atoms with van der Waals surface area (Å²) in [7, 11) is -2.68. The zero-order chi connectivity index (χ0) is 35.3. The van der Waals surface area contributed by atoms with E-state index in [4.69, 9.17) is 4.74 Å². The van der Waals surface area contributed by atoms with E-state index in [1.54, 1.807) is 63.2 Å². The van der Waals surface area contributed by atoms with Gasteiger partial charge in [-0.2, -0.15) is 18.3 Å². The van der Waals surface area contributed by atoms with Crippen LogP contribution in [0.5, 0.6) is 0 Å². The molecule has 2 amide bonds. The van der Waals surface area contributed by atoms with Crippen molar-refractivity contribution in [2.45, 2.75) is 63.7 Å². The van der Waals surface area contributed by atoms with Crippen molar-refractivity contribution >= 4 is 28.4 Å². The molecular formula is C35H38F3N5O5S. The molecule has 1 fully saturated rings. The van der Waals surface area contributed by atoms with Gasteiger partial charge >= 0.3 is 12.3 Å². The van der Waals surface area contributed by atoms with Gasteiger partial charge in [-0.3, -0.25) is 4.79 Å². The van der Waals surface area contributed by atoms with Crippen LogP contribution in [-0.4, -0.2) is 42.3 Å². The minimum Gasteiger partial charge on any atom is -0.444 e. The van der Waals surface area contributed by atoms with Gasteiger partial charge in [0.15, 0.2) is 5.69 Å². The Balaban J connectivity index is 1.42. The minimum absolute atomic E-state index is 0.0227. The van der Waals surface area contributed by atoms with Crippen LogP contribution in [-0.2, 0) is 33.9 Å². The van der Waals surface area contributed by atoms with Gasteiger partial charge in [0, 0.05) is 18.3 Å². The van der Waals surface area contributed by atoms with E-state index >= 15 is 0 Å². The molecule has 1 aromatic heterocycles. The van der Waals surface area contributed by atoms with Crippen molar-refractivity contribution in [3.05, 3.63) is 113 Å². The van der Waals surface area contributed by atoms with E-state index in [0.29, 0.717) is 35.3 Å². The van der Waals surface area contributed by atoms with Crippen LogP contribution in [0.3, 0.4) is 0 Å². The Labute approximate surface area is 284 Å². The molecule has 1 heterocycles. The Bertz CT molecular complexity index is 1890. The van der Waals surface area contributed by atoms with Gasteiger partial charge in [0.1, 0.15) is 22.0 Å². The molecule has 0 aliphatic heterocycles. The summed E-state index contributed by atoms with van der Waals surface area (Å²) in [4.78, 5) is 25.8. The topological polar surface area (TPSA) is 131 Å². The second-order valence-corrected chi connectivity index (χ2v) is 13.9. The monoisotopic (exact) mass is 697 g/mol. The van der Waals surface area contributed by atoms with Gasteiger partial charge in [-0.1, -0.05) is 48.5 Å². The number of anilines is 1. The highest BCUT2D eigenvalue weighted by Gasteiger charge is 2.36. The molecule has 0 spiro atoms. The number of carbonyl (C=O) groups is 2. The van der Waals surface area contributed by atoms with Gasteiger partial charge in [-0.15, -0.1) is 0 Å². The molecule has 1 unspecified atom stereocenters. The second-order valence-electron chi connectivity index (χ2n) is 12.9.